The molecule has 8 nitrogen and oxygen atoms in total. The van der Waals surface area contributed by atoms with E-state index in [4.69, 9.17) is 0 Å². The van der Waals surface area contributed by atoms with Crippen LogP contribution in [0, 0.1) is 5.82 Å². The van der Waals surface area contributed by atoms with E-state index in [1.54, 1.807) is 36.4 Å². The normalized spacial score (nSPS) is 10.3. The number of nitrogens with one attached hydrogen (secondary N) is 2. The number of nitrogens with zero attached hydrogens (tertiary/aromatic N) is 4. The number of carbonyl (C=O) groups excluding carboxylic acids is 2. The van der Waals surface area contributed by atoms with Crippen LogP contribution >= 0.6 is 0 Å². The van der Waals surface area contributed by atoms with Gasteiger partial charge in [-0.25, -0.2) is 4.39 Å². The Morgan fingerprint density at radius 1 is 1.04 bits per heavy atom. The molecule has 0 saturated heterocycles. The smallest absolute Gasteiger partial charge is 0.269 e. The fourth-order valence-electron chi connectivity index (χ4n) is 2.01. The molecule has 2 amide bonds. The molecule has 2 N–H and O–H groups in total. The molecule has 0 aliphatic carbocycles. The Morgan fingerprint density at radius 3 is 2.60 bits per heavy atom. The summed E-state index contributed by atoms with van der Waals surface area (Å²) in [5.41, 5.74) is 5.41. The van der Waals surface area contributed by atoms with Gasteiger partial charge >= 0.3 is 0 Å². The van der Waals surface area contributed by atoms with Gasteiger partial charge in [-0.05, 0) is 29.5 Å². The van der Waals surface area contributed by atoms with E-state index in [0.29, 0.717) is 11.1 Å². The molecule has 0 aliphatic heterocycles. The molecule has 0 atom stereocenters. The summed E-state index contributed by atoms with van der Waals surface area (Å²) < 4.78 is 13.2. The first-order valence-electron chi connectivity index (χ1n) is 7.30. The van der Waals surface area contributed by atoms with Crippen LogP contribution in [0.15, 0.2) is 54.6 Å². The van der Waals surface area contributed by atoms with E-state index < -0.39 is 17.6 Å². The third-order valence-corrected chi connectivity index (χ3v) is 3.17. The minimum Gasteiger partial charge on any atom is -0.271 e. The minimum atomic E-state index is -0.535. The van der Waals surface area contributed by atoms with Crippen molar-refractivity contribution in [2.45, 2.75) is 6.54 Å². The number of benzene rings is 2. The lowest BCUT2D eigenvalue weighted by Crippen LogP contribution is -2.43. The summed E-state index contributed by atoms with van der Waals surface area (Å²) in [7, 11) is 0. The molecule has 1 aromatic heterocycles. The van der Waals surface area contributed by atoms with Gasteiger partial charge in [0, 0.05) is 11.1 Å². The summed E-state index contributed by atoms with van der Waals surface area (Å²) in [6, 6.07) is 14.2. The van der Waals surface area contributed by atoms with Gasteiger partial charge in [0.15, 0.2) is 0 Å². The maximum atomic E-state index is 13.2. The van der Waals surface area contributed by atoms with E-state index in [1.165, 1.54) is 18.2 Å². The molecule has 1 heterocycles. The molecule has 0 aliphatic rings. The molecule has 9 heteroatoms. The molecule has 0 radical (unpaired) electrons. The molecule has 0 spiro atoms. The predicted molar refractivity (Wildman–Crippen MR) is 85.3 cm³/mol. The number of amides is 2. The first kappa shape index (κ1) is 16.2. The van der Waals surface area contributed by atoms with Crippen LogP contribution in [0.4, 0.5) is 4.39 Å². The van der Waals surface area contributed by atoms with Crippen molar-refractivity contribution in [1.29, 1.82) is 0 Å². The van der Waals surface area contributed by atoms with Gasteiger partial charge in [0.1, 0.15) is 12.4 Å². The van der Waals surface area contributed by atoms with E-state index in [-0.39, 0.29) is 12.4 Å². The van der Waals surface area contributed by atoms with Crippen LogP contribution in [0.25, 0.3) is 11.4 Å². The molecule has 3 rings (SSSR count). The molecule has 126 valence electrons. The van der Waals surface area contributed by atoms with Gasteiger partial charge < -0.3 is 0 Å². The van der Waals surface area contributed by atoms with Gasteiger partial charge in [0.25, 0.3) is 11.8 Å². The van der Waals surface area contributed by atoms with Gasteiger partial charge in [-0.1, -0.05) is 30.3 Å². The SMILES string of the molecule is O=C(Cn1nnc(-c2cccc(F)c2)n1)NNC(=O)c1ccccc1. The number of carbonyl (C=O) groups is 2. The quantitative estimate of drug-likeness (QED) is 0.688. The van der Waals surface area contributed by atoms with Crippen LogP contribution in [-0.2, 0) is 11.3 Å². The minimum absolute atomic E-state index is 0.195. The Balaban J connectivity index is 1.56. The van der Waals surface area contributed by atoms with E-state index in [2.05, 4.69) is 26.3 Å². The van der Waals surface area contributed by atoms with Crippen LogP contribution in [-0.4, -0.2) is 32.0 Å². The zero-order chi connectivity index (χ0) is 17.6. The average Bonchev–Trinajstić information content (AvgIpc) is 3.09. The summed E-state index contributed by atoms with van der Waals surface area (Å²) in [4.78, 5) is 24.7. The predicted octanol–water partition coefficient (Wildman–Crippen LogP) is 0.940. The third kappa shape index (κ3) is 4.22. The van der Waals surface area contributed by atoms with Crippen LogP contribution < -0.4 is 10.9 Å². The second kappa shape index (κ2) is 7.30. The number of hydrazine groups is 1. The lowest BCUT2D eigenvalue weighted by molar-refractivity contribution is -0.122. The van der Waals surface area contributed by atoms with Crippen molar-refractivity contribution in [1.82, 2.24) is 31.1 Å². The van der Waals surface area contributed by atoms with E-state index >= 15 is 0 Å². The molecule has 0 bridgehead atoms. The number of hydrogen-bond donors (Lipinski definition) is 2. The molecular formula is C16H13FN6O2. The van der Waals surface area contributed by atoms with Gasteiger partial charge in [-0.3, -0.25) is 20.4 Å². The van der Waals surface area contributed by atoms with Crippen LogP contribution in [0.5, 0.6) is 0 Å². The molecule has 0 saturated carbocycles. The highest BCUT2D eigenvalue weighted by molar-refractivity contribution is 5.95. The number of halogens is 1. The van der Waals surface area contributed by atoms with Crippen molar-refractivity contribution < 1.29 is 14.0 Å². The number of rotatable bonds is 4. The van der Waals surface area contributed by atoms with Crippen molar-refractivity contribution in [3.63, 3.8) is 0 Å². The van der Waals surface area contributed by atoms with Crippen molar-refractivity contribution in [3.8, 4) is 11.4 Å². The van der Waals surface area contributed by atoms with Crippen LogP contribution in [0.2, 0.25) is 0 Å². The van der Waals surface area contributed by atoms with E-state index in [1.807, 2.05) is 0 Å². The van der Waals surface area contributed by atoms with Crippen molar-refractivity contribution in [3.05, 3.63) is 66.0 Å². The van der Waals surface area contributed by atoms with Crippen LogP contribution in [0.3, 0.4) is 0 Å². The first-order valence-corrected chi connectivity index (χ1v) is 7.30. The van der Waals surface area contributed by atoms with Crippen molar-refractivity contribution >= 4 is 11.8 Å². The zero-order valence-corrected chi connectivity index (χ0v) is 12.9. The summed E-state index contributed by atoms with van der Waals surface area (Å²) in [5.74, 6) is -1.20. The Hall–Kier alpha value is -3.62. The molecule has 0 fully saturated rings. The molecule has 3 aromatic rings. The first-order chi connectivity index (χ1) is 12.1. The number of tetrazole rings is 1. The van der Waals surface area contributed by atoms with Crippen LogP contribution in [0.1, 0.15) is 10.4 Å². The largest absolute Gasteiger partial charge is 0.271 e. The lowest BCUT2D eigenvalue weighted by Gasteiger charge is -2.06. The summed E-state index contributed by atoms with van der Waals surface area (Å²) in [6.45, 7) is -0.253. The number of hydrogen-bond acceptors (Lipinski definition) is 5. The fraction of sp³-hybridized carbons (Fsp3) is 0.0625. The summed E-state index contributed by atoms with van der Waals surface area (Å²) >= 11 is 0. The Bertz CT molecular complexity index is 896. The average molecular weight is 340 g/mol. The lowest BCUT2D eigenvalue weighted by atomic mass is 10.2. The van der Waals surface area contributed by atoms with Gasteiger partial charge in [-0.15, -0.1) is 10.2 Å². The molecular weight excluding hydrogens is 327 g/mol. The highest BCUT2D eigenvalue weighted by atomic mass is 19.1. The molecule has 25 heavy (non-hydrogen) atoms. The van der Waals surface area contributed by atoms with Crippen molar-refractivity contribution in [2.24, 2.45) is 0 Å². The molecule has 0 unspecified atom stereocenters. The second-order valence-electron chi connectivity index (χ2n) is 5.02. The topological polar surface area (TPSA) is 102 Å². The Morgan fingerprint density at radius 2 is 1.84 bits per heavy atom. The highest BCUT2D eigenvalue weighted by Gasteiger charge is 2.11. The van der Waals surface area contributed by atoms with Crippen molar-refractivity contribution in [2.75, 3.05) is 0 Å². The Labute approximate surface area is 141 Å². The molecule has 2 aromatic carbocycles. The van der Waals surface area contributed by atoms with E-state index in [9.17, 15) is 14.0 Å². The Kier molecular flexibility index (Phi) is 4.74. The monoisotopic (exact) mass is 340 g/mol. The highest BCUT2D eigenvalue weighted by Crippen LogP contribution is 2.14. The summed E-state index contributed by atoms with van der Waals surface area (Å²) in [5, 5.41) is 11.5. The number of aromatic nitrogens is 4. The van der Waals surface area contributed by atoms with E-state index in [0.717, 1.165) is 4.80 Å². The third-order valence-electron chi connectivity index (χ3n) is 3.17. The standard InChI is InChI=1S/C16H13FN6O2/c17-13-8-4-7-12(9-13)15-19-22-23(21-15)10-14(24)18-20-16(25)11-5-2-1-3-6-11/h1-9H,10H2,(H,18,24)(H,20,25). The van der Waals surface area contributed by atoms with Gasteiger partial charge in [0.05, 0.1) is 0 Å². The summed E-state index contributed by atoms with van der Waals surface area (Å²) in [6.07, 6.45) is 0. The zero-order valence-electron chi connectivity index (χ0n) is 12.9. The fourth-order valence-corrected chi connectivity index (χ4v) is 2.01. The van der Waals surface area contributed by atoms with Gasteiger partial charge in [0.2, 0.25) is 5.82 Å². The maximum Gasteiger partial charge on any atom is 0.269 e. The second-order valence-corrected chi connectivity index (χ2v) is 5.02. The maximum absolute atomic E-state index is 13.2. The van der Waals surface area contributed by atoms with Gasteiger partial charge in [-0.2, -0.15) is 4.80 Å².